The predicted molar refractivity (Wildman–Crippen MR) is 123 cm³/mol. The summed E-state index contributed by atoms with van der Waals surface area (Å²) in [6.45, 7) is 4.02. The van der Waals surface area contributed by atoms with Crippen molar-refractivity contribution in [3.05, 3.63) is 60.2 Å². The second-order valence-electron chi connectivity index (χ2n) is 8.45. The molecule has 2 aromatic carbocycles. The Bertz CT molecular complexity index is 1260. The molecule has 0 radical (unpaired) electrons. The first-order chi connectivity index (χ1) is 15.5. The van der Waals surface area contributed by atoms with Crippen LogP contribution in [0.25, 0.3) is 10.9 Å². The minimum absolute atomic E-state index is 0.193. The van der Waals surface area contributed by atoms with Gasteiger partial charge in [0.1, 0.15) is 5.82 Å². The molecular weight excluding hydrogens is 453 g/mol. The van der Waals surface area contributed by atoms with Crippen molar-refractivity contribution < 1.29 is 21.6 Å². The highest BCUT2D eigenvalue weighted by atomic mass is 32.2. The van der Waals surface area contributed by atoms with Gasteiger partial charge in [0.05, 0.1) is 17.1 Å². The molecule has 3 aromatic rings. The van der Waals surface area contributed by atoms with Gasteiger partial charge in [-0.15, -0.1) is 0 Å². The fourth-order valence-corrected chi connectivity index (χ4v) is 4.79. The van der Waals surface area contributed by atoms with Crippen LogP contribution in [0.3, 0.4) is 0 Å². The van der Waals surface area contributed by atoms with E-state index in [2.05, 4.69) is 24.0 Å². The highest BCUT2D eigenvalue weighted by Crippen LogP contribution is 2.32. The molecule has 1 fully saturated rings. The molecule has 0 bridgehead atoms. The molecule has 0 saturated carbocycles. The Morgan fingerprint density at radius 3 is 2.39 bits per heavy atom. The number of nitrogens with zero attached hydrogens (tertiary/aromatic N) is 4. The van der Waals surface area contributed by atoms with Crippen LogP contribution >= 0.6 is 0 Å². The van der Waals surface area contributed by atoms with Gasteiger partial charge in [-0.2, -0.15) is 13.2 Å². The number of aromatic nitrogens is 1. The fraction of sp³-hybridized carbons (Fsp3) is 0.348. The fourth-order valence-electron chi connectivity index (χ4n) is 4.02. The van der Waals surface area contributed by atoms with Crippen LogP contribution in [0.15, 0.2) is 59.5 Å². The Labute approximate surface area is 191 Å². The summed E-state index contributed by atoms with van der Waals surface area (Å²) in [5.74, 6) is 0.869. The third-order valence-corrected chi connectivity index (χ3v) is 7.40. The van der Waals surface area contributed by atoms with Gasteiger partial charge >= 0.3 is 5.51 Å². The number of pyridine rings is 1. The number of hydrogen-bond donors (Lipinski definition) is 0. The van der Waals surface area contributed by atoms with E-state index in [0.29, 0.717) is 25.4 Å². The van der Waals surface area contributed by atoms with E-state index in [9.17, 15) is 21.6 Å². The number of alkyl halides is 3. The van der Waals surface area contributed by atoms with Crippen molar-refractivity contribution in [3.8, 4) is 0 Å². The van der Waals surface area contributed by atoms with Crippen LogP contribution in [0.2, 0.25) is 0 Å². The lowest BCUT2D eigenvalue weighted by molar-refractivity contribution is -0.0436. The third kappa shape index (κ3) is 4.49. The minimum atomic E-state index is -5.35. The number of halogens is 3. The quantitative estimate of drug-likeness (QED) is 0.546. The van der Waals surface area contributed by atoms with Gasteiger partial charge in [-0.25, -0.2) is 13.4 Å². The molecule has 1 aromatic heterocycles. The van der Waals surface area contributed by atoms with Gasteiger partial charge in [-0.05, 0) is 48.9 Å². The van der Waals surface area contributed by atoms with Crippen LogP contribution in [0.5, 0.6) is 0 Å². The van der Waals surface area contributed by atoms with Gasteiger partial charge in [-0.3, -0.25) is 4.90 Å². The monoisotopic (exact) mass is 478 g/mol. The van der Waals surface area contributed by atoms with E-state index in [-0.39, 0.29) is 6.04 Å². The highest BCUT2D eigenvalue weighted by Gasteiger charge is 2.46. The van der Waals surface area contributed by atoms with Gasteiger partial charge in [0.15, 0.2) is 0 Å². The Balaban J connectivity index is 1.56. The third-order valence-electron chi connectivity index (χ3n) is 5.90. The van der Waals surface area contributed by atoms with Gasteiger partial charge < -0.3 is 9.80 Å². The van der Waals surface area contributed by atoms with Crippen LogP contribution in [0.1, 0.15) is 12.5 Å². The zero-order chi connectivity index (χ0) is 24.0. The maximum absolute atomic E-state index is 12.8. The van der Waals surface area contributed by atoms with Crippen molar-refractivity contribution in [2.24, 2.45) is 0 Å². The molecule has 1 unspecified atom stereocenters. The van der Waals surface area contributed by atoms with E-state index >= 15 is 0 Å². The van der Waals surface area contributed by atoms with Crippen LogP contribution in [0, 0.1) is 0 Å². The lowest BCUT2D eigenvalue weighted by atomic mass is 10.1. The topological polar surface area (TPSA) is 56.8 Å². The second kappa shape index (κ2) is 8.49. The zero-order valence-corrected chi connectivity index (χ0v) is 19.4. The van der Waals surface area contributed by atoms with Gasteiger partial charge in [0.25, 0.3) is 9.84 Å². The average molecular weight is 479 g/mol. The highest BCUT2D eigenvalue weighted by molar-refractivity contribution is 7.92. The van der Waals surface area contributed by atoms with E-state index in [4.69, 9.17) is 4.98 Å². The van der Waals surface area contributed by atoms with Gasteiger partial charge in [0.2, 0.25) is 0 Å². The smallest absolute Gasteiger partial charge is 0.363 e. The normalized spacial score (nSPS) is 17.6. The molecule has 0 spiro atoms. The number of para-hydroxylation sites is 1. The second-order valence-corrected chi connectivity index (χ2v) is 10.4. The summed E-state index contributed by atoms with van der Waals surface area (Å²) in [5, 5.41) is 1.08. The first-order valence-corrected chi connectivity index (χ1v) is 11.9. The molecule has 0 amide bonds. The predicted octanol–water partition coefficient (Wildman–Crippen LogP) is 4.26. The molecule has 1 aliphatic rings. The van der Waals surface area contributed by atoms with E-state index in [0.717, 1.165) is 34.4 Å². The summed E-state index contributed by atoms with van der Waals surface area (Å²) in [7, 11) is -1.45. The van der Waals surface area contributed by atoms with Gasteiger partial charge in [0, 0.05) is 44.3 Å². The lowest BCUT2D eigenvalue weighted by Gasteiger charge is -2.23. The largest absolute Gasteiger partial charge is 0.501 e. The SMILES string of the molecule is CC1CN(c2ccc(S(=O)(=O)C(F)(F)F)cc2)CN1Cc1cc(N(C)C)nc2ccccc12. The van der Waals surface area contributed by atoms with Gasteiger partial charge in [-0.1, -0.05) is 18.2 Å². The molecule has 33 heavy (non-hydrogen) atoms. The van der Waals surface area contributed by atoms with E-state index in [1.807, 2.05) is 42.1 Å². The van der Waals surface area contributed by atoms with Crippen molar-refractivity contribution in [3.63, 3.8) is 0 Å². The number of sulfone groups is 1. The molecule has 1 saturated heterocycles. The van der Waals surface area contributed by atoms with Crippen molar-refractivity contribution in [1.29, 1.82) is 0 Å². The summed E-state index contributed by atoms with van der Waals surface area (Å²) in [4.78, 5) is 10.2. The summed E-state index contributed by atoms with van der Waals surface area (Å²) < 4.78 is 61.7. The number of anilines is 2. The maximum Gasteiger partial charge on any atom is 0.501 e. The number of fused-ring (bicyclic) bond motifs is 1. The maximum atomic E-state index is 12.8. The molecule has 2 heterocycles. The van der Waals surface area contributed by atoms with Crippen molar-refractivity contribution in [1.82, 2.24) is 9.88 Å². The lowest BCUT2D eigenvalue weighted by Crippen LogP contribution is -2.28. The Morgan fingerprint density at radius 1 is 1.09 bits per heavy atom. The zero-order valence-electron chi connectivity index (χ0n) is 18.5. The van der Waals surface area contributed by atoms with Crippen molar-refractivity contribution in [2.45, 2.75) is 29.9 Å². The molecule has 176 valence electrons. The molecule has 10 heteroatoms. The van der Waals surface area contributed by atoms with E-state index in [1.54, 1.807) is 0 Å². The van der Waals surface area contributed by atoms with E-state index < -0.39 is 20.2 Å². The summed E-state index contributed by atoms with van der Waals surface area (Å²) in [5.41, 5.74) is -2.57. The molecule has 1 aliphatic heterocycles. The van der Waals surface area contributed by atoms with Crippen LogP contribution in [-0.2, 0) is 16.4 Å². The molecular formula is C23H25F3N4O2S. The van der Waals surface area contributed by atoms with E-state index in [1.165, 1.54) is 12.1 Å². The van der Waals surface area contributed by atoms with Crippen LogP contribution in [-0.4, -0.2) is 57.2 Å². The molecule has 1 atom stereocenters. The number of benzene rings is 2. The molecule has 0 N–H and O–H groups in total. The van der Waals surface area contributed by atoms with Crippen molar-refractivity contribution >= 4 is 32.2 Å². The minimum Gasteiger partial charge on any atom is -0.363 e. The van der Waals surface area contributed by atoms with Crippen LogP contribution in [0.4, 0.5) is 24.7 Å². The van der Waals surface area contributed by atoms with Crippen molar-refractivity contribution in [2.75, 3.05) is 37.1 Å². The molecule has 6 nitrogen and oxygen atoms in total. The Morgan fingerprint density at radius 2 is 1.76 bits per heavy atom. The molecule has 4 rings (SSSR count). The molecule has 0 aliphatic carbocycles. The summed E-state index contributed by atoms with van der Waals surface area (Å²) >= 11 is 0. The Kier molecular flexibility index (Phi) is 6.00. The number of rotatable bonds is 5. The summed E-state index contributed by atoms with van der Waals surface area (Å²) in [6, 6.07) is 15.2. The Hall–Kier alpha value is -2.85. The van der Waals surface area contributed by atoms with Crippen LogP contribution < -0.4 is 9.80 Å². The first-order valence-electron chi connectivity index (χ1n) is 10.4. The average Bonchev–Trinajstić information content (AvgIpc) is 3.13. The number of hydrogen-bond acceptors (Lipinski definition) is 6. The standard InChI is InChI=1S/C23H25F3N4O2S/c1-16-13-30(18-8-10-19(11-9-18)33(31,32)23(24,25)26)15-29(16)14-17-12-22(28(2)3)27-21-7-5-4-6-20(17)21/h4-12,16H,13-15H2,1-3H3. The summed E-state index contributed by atoms with van der Waals surface area (Å²) in [6.07, 6.45) is 0. The first kappa shape index (κ1) is 23.3.